The minimum atomic E-state index is 0.0620. The minimum absolute atomic E-state index is 0.0620. The first kappa shape index (κ1) is 18.9. The maximum Gasteiger partial charge on any atom is 0.222 e. The number of likely N-dealkylation sites (tertiary alicyclic amines) is 1. The molecule has 4 rings (SSSR count). The summed E-state index contributed by atoms with van der Waals surface area (Å²) in [5.74, 6) is 0.135. The van der Waals surface area contributed by atoms with Crippen LogP contribution in [0.2, 0.25) is 0 Å². The molecule has 0 aliphatic carbocycles. The van der Waals surface area contributed by atoms with E-state index in [9.17, 15) is 4.79 Å². The summed E-state index contributed by atoms with van der Waals surface area (Å²) in [6.07, 6.45) is 10.3. The summed E-state index contributed by atoms with van der Waals surface area (Å²) in [4.78, 5) is 19.4. The van der Waals surface area contributed by atoms with Crippen LogP contribution in [0.4, 0.5) is 0 Å². The van der Waals surface area contributed by atoms with Gasteiger partial charge in [0.25, 0.3) is 0 Å². The zero-order valence-corrected chi connectivity index (χ0v) is 16.7. The average molecular weight is 395 g/mol. The Kier molecular flexibility index (Phi) is 6.19. The molecule has 1 fully saturated rings. The first-order valence-electron chi connectivity index (χ1n) is 9.83. The van der Waals surface area contributed by atoms with Gasteiger partial charge in [-0.25, -0.2) is 0 Å². The molecule has 6 heteroatoms. The second-order valence-electron chi connectivity index (χ2n) is 7.39. The quantitative estimate of drug-likeness (QED) is 0.665. The van der Waals surface area contributed by atoms with E-state index in [0.29, 0.717) is 6.42 Å². The number of carbonyl (C=O) groups is 1. The van der Waals surface area contributed by atoms with E-state index in [1.807, 2.05) is 43.0 Å². The average Bonchev–Trinajstić information content (AvgIpc) is 3.43. The highest BCUT2D eigenvalue weighted by Crippen LogP contribution is 2.25. The summed E-state index contributed by atoms with van der Waals surface area (Å²) in [6.45, 7) is 2.94. The van der Waals surface area contributed by atoms with Crippen LogP contribution < -0.4 is 5.32 Å². The van der Waals surface area contributed by atoms with Crippen LogP contribution in [0.3, 0.4) is 0 Å². The minimum Gasteiger partial charge on any atom is -0.353 e. The van der Waals surface area contributed by atoms with Crippen LogP contribution in [0.5, 0.6) is 0 Å². The van der Waals surface area contributed by atoms with Crippen LogP contribution >= 0.6 is 11.3 Å². The summed E-state index contributed by atoms with van der Waals surface area (Å²) in [6, 6.07) is 10.6. The van der Waals surface area contributed by atoms with E-state index >= 15 is 0 Å². The molecule has 1 amide bonds. The van der Waals surface area contributed by atoms with Crippen molar-refractivity contribution in [3.63, 3.8) is 0 Å². The van der Waals surface area contributed by atoms with Crippen molar-refractivity contribution in [2.75, 3.05) is 13.1 Å². The van der Waals surface area contributed by atoms with Gasteiger partial charge in [-0.05, 0) is 59.0 Å². The van der Waals surface area contributed by atoms with Gasteiger partial charge in [-0.2, -0.15) is 11.3 Å². The van der Waals surface area contributed by atoms with Gasteiger partial charge in [0.2, 0.25) is 5.91 Å². The predicted molar refractivity (Wildman–Crippen MR) is 112 cm³/mol. The highest BCUT2D eigenvalue weighted by Gasteiger charge is 2.23. The molecule has 5 nitrogen and oxygen atoms in total. The van der Waals surface area contributed by atoms with Crippen molar-refractivity contribution in [2.45, 2.75) is 37.9 Å². The van der Waals surface area contributed by atoms with Gasteiger partial charge < -0.3 is 9.88 Å². The van der Waals surface area contributed by atoms with Crippen molar-refractivity contribution in [1.29, 1.82) is 0 Å². The second kappa shape index (κ2) is 9.17. The van der Waals surface area contributed by atoms with E-state index in [2.05, 4.69) is 42.7 Å². The van der Waals surface area contributed by atoms with Crippen LogP contribution in [0.1, 0.15) is 36.4 Å². The summed E-state index contributed by atoms with van der Waals surface area (Å²) in [5, 5.41) is 7.47. The Morgan fingerprint density at radius 2 is 2.04 bits per heavy atom. The first-order chi connectivity index (χ1) is 13.8. The molecule has 1 atom stereocenters. The number of carbonyl (C=O) groups excluding carboxylic acids is 1. The smallest absolute Gasteiger partial charge is 0.222 e. The largest absolute Gasteiger partial charge is 0.353 e. The number of nitrogens with one attached hydrogen (secondary N) is 1. The molecule has 1 N–H and O–H groups in total. The molecule has 4 heterocycles. The highest BCUT2D eigenvalue weighted by atomic mass is 32.1. The van der Waals surface area contributed by atoms with E-state index < -0.39 is 0 Å². The lowest BCUT2D eigenvalue weighted by atomic mass is 10.0. The van der Waals surface area contributed by atoms with E-state index in [1.165, 1.54) is 11.1 Å². The van der Waals surface area contributed by atoms with E-state index in [-0.39, 0.29) is 18.0 Å². The molecule has 0 aromatic carbocycles. The molecule has 3 aromatic rings. The van der Waals surface area contributed by atoms with Gasteiger partial charge in [0.05, 0.1) is 12.5 Å². The number of hydrogen-bond donors (Lipinski definition) is 1. The number of thiophene rings is 1. The van der Waals surface area contributed by atoms with Gasteiger partial charge in [-0.3, -0.25) is 14.7 Å². The molecule has 0 radical (unpaired) electrons. The lowest BCUT2D eigenvalue weighted by molar-refractivity contribution is -0.122. The Morgan fingerprint density at radius 1 is 1.21 bits per heavy atom. The summed E-state index contributed by atoms with van der Waals surface area (Å²) < 4.78 is 2.12. The van der Waals surface area contributed by atoms with Gasteiger partial charge in [-0.1, -0.05) is 6.07 Å². The van der Waals surface area contributed by atoms with Crippen LogP contribution in [0.25, 0.3) is 0 Å². The Labute approximate surface area is 170 Å². The van der Waals surface area contributed by atoms with E-state index in [1.54, 1.807) is 11.3 Å². The SMILES string of the molecule is O=C(C[C@@H](c1ccsc1)n1cccc1)NC1CCN(Cc2cccnc2)CC1. The number of amides is 1. The highest BCUT2D eigenvalue weighted by molar-refractivity contribution is 7.08. The van der Waals surface area contributed by atoms with Crippen LogP contribution in [-0.2, 0) is 11.3 Å². The van der Waals surface area contributed by atoms with Crippen LogP contribution in [0.15, 0.2) is 65.9 Å². The molecule has 0 bridgehead atoms. The third kappa shape index (κ3) is 4.88. The summed E-state index contributed by atoms with van der Waals surface area (Å²) >= 11 is 1.67. The molecule has 0 saturated carbocycles. The van der Waals surface area contributed by atoms with Crippen molar-refractivity contribution < 1.29 is 4.79 Å². The Hall–Kier alpha value is -2.44. The number of rotatable bonds is 7. The normalized spacial score (nSPS) is 16.7. The van der Waals surface area contributed by atoms with Crippen molar-refractivity contribution in [3.05, 3.63) is 77.0 Å². The van der Waals surface area contributed by atoms with Gasteiger partial charge >= 0.3 is 0 Å². The van der Waals surface area contributed by atoms with Crippen molar-refractivity contribution >= 4 is 17.2 Å². The number of aromatic nitrogens is 2. The number of hydrogen-bond acceptors (Lipinski definition) is 4. The van der Waals surface area contributed by atoms with Gasteiger partial charge in [-0.15, -0.1) is 0 Å². The molecule has 3 aromatic heterocycles. The van der Waals surface area contributed by atoms with Crippen molar-refractivity contribution in [3.8, 4) is 0 Å². The van der Waals surface area contributed by atoms with Crippen LogP contribution in [-0.4, -0.2) is 39.5 Å². The zero-order chi connectivity index (χ0) is 19.2. The Balaban J connectivity index is 1.28. The number of pyridine rings is 1. The van der Waals surface area contributed by atoms with Crippen molar-refractivity contribution in [2.24, 2.45) is 0 Å². The molecule has 1 aliphatic heterocycles. The molecular weight excluding hydrogens is 368 g/mol. The fourth-order valence-electron chi connectivity index (χ4n) is 3.86. The first-order valence-corrected chi connectivity index (χ1v) is 10.8. The molecule has 1 aliphatic rings. The van der Waals surface area contributed by atoms with Gasteiger partial charge in [0.1, 0.15) is 0 Å². The molecule has 146 valence electrons. The number of nitrogens with zero attached hydrogens (tertiary/aromatic N) is 3. The molecule has 0 unspecified atom stereocenters. The van der Waals surface area contributed by atoms with Crippen molar-refractivity contribution in [1.82, 2.24) is 19.8 Å². The van der Waals surface area contributed by atoms with E-state index in [4.69, 9.17) is 0 Å². The third-order valence-electron chi connectivity index (χ3n) is 5.38. The third-order valence-corrected chi connectivity index (χ3v) is 6.08. The topological polar surface area (TPSA) is 50.2 Å². The molecule has 1 saturated heterocycles. The van der Waals surface area contributed by atoms with Crippen LogP contribution in [0, 0.1) is 0 Å². The standard InChI is InChI=1S/C22H26N4OS/c27-22(14-21(19-7-13-28-17-19)26-9-1-2-10-26)24-20-5-11-25(12-6-20)16-18-4-3-8-23-15-18/h1-4,7-10,13,15,17,20-21H,5-6,11-12,14,16H2,(H,24,27)/t21-/m0/s1. The van der Waals surface area contributed by atoms with Gasteiger partial charge in [0.15, 0.2) is 0 Å². The summed E-state index contributed by atoms with van der Waals surface area (Å²) in [5.41, 5.74) is 2.44. The molecule has 28 heavy (non-hydrogen) atoms. The number of piperidine rings is 1. The predicted octanol–water partition coefficient (Wildman–Crippen LogP) is 3.70. The lowest BCUT2D eigenvalue weighted by Gasteiger charge is -2.32. The zero-order valence-electron chi connectivity index (χ0n) is 15.9. The molecular formula is C22H26N4OS. The fraction of sp³-hybridized carbons (Fsp3) is 0.364. The fourth-order valence-corrected chi connectivity index (χ4v) is 4.57. The molecule has 0 spiro atoms. The Bertz CT molecular complexity index is 806. The van der Waals surface area contributed by atoms with E-state index in [0.717, 1.165) is 32.5 Å². The van der Waals surface area contributed by atoms with Gasteiger partial charge in [0, 0.05) is 50.5 Å². The maximum atomic E-state index is 12.7. The second-order valence-corrected chi connectivity index (χ2v) is 8.17. The summed E-state index contributed by atoms with van der Waals surface area (Å²) in [7, 11) is 0. The monoisotopic (exact) mass is 394 g/mol. The Morgan fingerprint density at radius 3 is 2.71 bits per heavy atom. The lowest BCUT2D eigenvalue weighted by Crippen LogP contribution is -2.44. The maximum absolute atomic E-state index is 12.7.